The molecule has 0 radical (unpaired) electrons. The van der Waals surface area contributed by atoms with Gasteiger partial charge in [-0.25, -0.2) is 0 Å². The van der Waals surface area contributed by atoms with E-state index in [1.54, 1.807) is 26.4 Å². The minimum Gasteiger partial charge on any atom is -0.507 e. The zero-order valence-electron chi connectivity index (χ0n) is 17.5. The zero-order valence-corrected chi connectivity index (χ0v) is 18.5. The lowest BCUT2D eigenvalue weighted by Gasteiger charge is -2.21. The summed E-state index contributed by atoms with van der Waals surface area (Å²) in [6, 6.07) is 22.7. The molecule has 0 bridgehead atoms. The van der Waals surface area contributed by atoms with E-state index in [0.717, 1.165) is 22.4 Å². The number of rotatable bonds is 5. The first-order valence-corrected chi connectivity index (χ1v) is 11.6. The smallest absolute Gasteiger partial charge is 0.123 e. The van der Waals surface area contributed by atoms with Crippen LogP contribution >= 0.6 is 7.80 Å². The highest BCUT2D eigenvalue weighted by Crippen LogP contribution is 2.39. The number of hydrogen-bond acceptors (Lipinski definition) is 4. The van der Waals surface area contributed by atoms with Crippen LogP contribution in [0.1, 0.15) is 11.1 Å². The first-order chi connectivity index (χ1) is 15.1. The molecule has 0 aromatic heterocycles. The normalized spacial score (nSPS) is 20.1. The van der Waals surface area contributed by atoms with E-state index in [1.807, 2.05) is 72.8 Å². The third-order valence-electron chi connectivity index (χ3n) is 5.52. The summed E-state index contributed by atoms with van der Waals surface area (Å²) in [6.07, 6.45) is 4.44. The van der Waals surface area contributed by atoms with Gasteiger partial charge in [0.15, 0.2) is 0 Å². The van der Waals surface area contributed by atoms with Crippen LogP contribution in [-0.2, 0) is 20.5 Å². The molecule has 1 N–H and O–H groups in total. The molecule has 0 heterocycles. The molecule has 2 atom stereocenters. The average Bonchev–Trinajstić information content (AvgIpc) is 2.80. The van der Waals surface area contributed by atoms with Gasteiger partial charge in [-0.15, -0.1) is 0 Å². The summed E-state index contributed by atoms with van der Waals surface area (Å²) >= 11 is 0. The van der Waals surface area contributed by atoms with Gasteiger partial charge in [0.2, 0.25) is 0 Å². The van der Waals surface area contributed by atoms with Gasteiger partial charge in [-0.3, -0.25) is 0 Å². The fourth-order valence-electron chi connectivity index (χ4n) is 3.95. The highest BCUT2D eigenvalue weighted by molar-refractivity contribution is 7.55. The maximum atomic E-state index is 13.9. The minimum atomic E-state index is -2.36. The van der Waals surface area contributed by atoms with Crippen LogP contribution in [-0.4, -0.2) is 25.0 Å². The summed E-state index contributed by atoms with van der Waals surface area (Å²) in [4.78, 5) is 0. The maximum absolute atomic E-state index is 13.9. The Bertz CT molecular complexity index is 1180. The number of methoxy groups -OCH3 is 2. The van der Waals surface area contributed by atoms with Gasteiger partial charge in [0.1, 0.15) is 19.3 Å². The Morgan fingerprint density at radius 1 is 0.806 bits per heavy atom. The molecular weight excluding hydrogens is 407 g/mol. The number of phenols is 1. The topological polar surface area (TPSA) is 55.8 Å². The van der Waals surface area contributed by atoms with Crippen molar-refractivity contribution in [1.29, 1.82) is 0 Å². The maximum Gasteiger partial charge on any atom is 0.123 e. The van der Waals surface area contributed by atoms with E-state index in [1.165, 1.54) is 0 Å². The Balaban J connectivity index is 1.84. The molecule has 0 amide bonds. The second kappa shape index (κ2) is 9.28. The van der Waals surface area contributed by atoms with Crippen molar-refractivity contribution in [1.82, 2.24) is 0 Å². The van der Waals surface area contributed by atoms with Crippen molar-refractivity contribution in [2.24, 2.45) is 0 Å². The van der Waals surface area contributed by atoms with Gasteiger partial charge < -0.3 is 19.1 Å². The van der Waals surface area contributed by atoms with Gasteiger partial charge in [-0.05, 0) is 29.3 Å². The van der Waals surface area contributed by atoms with Gasteiger partial charge in [-0.2, -0.15) is 0 Å². The summed E-state index contributed by atoms with van der Waals surface area (Å²) < 4.78 is 25.2. The van der Waals surface area contributed by atoms with Crippen LogP contribution in [0.15, 0.2) is 90.7 Å². The molecule has 0 spiro atoms. The molecular formula is C26H25O4P. The van der Waals surface area contributed by atoms with Gasteiger partial charge in [0, 0.05) is 22.9 Å². The standard InChI is InChI=1S/C26H25O4P/c1-29-19-15-18-9-3-4-10-21(18)25(30-2)17-20(16-19)31(28)26-14-8-6-12-23(26)22-11-5-7-13-24(22)27/h3-14,16-17,20,27,31H,15H2,1-2H3/b19-16+,25-17+. The Morgan fingerprint density at radius 3 is 2.16 bits per heavy atom. The predicted octanol–water partition coefficient (Wildman–Crippen LogP) is 5.39. The summed E-state index contributed by atoms with van der Waals surface area (Å²) in [5.41, 5.74) is 3.11. The molecule has 0 saturated carbocycles. The summed E-state index contributed by atoms with van der Waals surface area (Å²) in [7, 11) is 0.914. The van der Waals surface area contributed by atoms with E-state index in [4.69, 9.17) is 9.47 Å². The Hall–Kier alpha value is -3.23. The largest absolute Gasteiger partial charge is 0.507 e. The molecule has 4 nitrogen and oxygen atoms in total. The molecule has 158 valence electrons. The quantitative estimate of drug-likeness (QED) is 0.550. The average molecular weight is 432 g/mol. The molecule has 31 heavy (non-hydrogen) atoms. The first-order valence-electron chi connectivity index (χ1n) is 10.1. The van der Waals surface area contributed by atoms with Crippen LogP contribution in [0.3, 0.4) is 0 Å². The van der Waals surface area contributed by atoms with Crippen molar-refractivity contribution in [2.45, 2.75) is 12.1 Å². The first kappa shape index (κ1) is 21.0. The molecule has 0 saturated heterocycles. The highest BCUT2D eigenvalue weighted by Gasteiger charge is 2.24. The molecule has 2 unspecified atom stereocenters. The highest BCUT2D eigenvalue weighted by atomic mass is 31.1. The van der Waals surface area contributed by atoms with Crippen molar-refractivity contribution in [2.75, 3.05) is 14.2 Å². The Kier molecular flexibility index (Phi) is 6.29. The van der Waals surface area contributed by atoms with Gasteiger partial charge in [-0.1, -0.05) is 66.7 Å². The molecule has 0 fully saturated rings. The fraction of sp³-hybridized carbons (Fsp3) is 0.154. The van der Waals surface area contributed by atoms with Crippen LogP contribution in [0.2, 0.25) is 0 Å². The van der Waals surface area contributed by atoms with Crippen molar-refractivity contribution in [3.05, 3.63) is 102 Å². The van der Waals surface area contributed by atoms with Crippen LogP contribution in [0, 0.1) is 0 Å². The number of aromatic hydroxyl groups is 1. The van der Waals surface area contributed by atoms with Crippen LogP contribution in [0.25, 0.3) is 16.9 Å². The summed E-state index contributed by atoms with van der Waals surface area (Å²) in [6.45, 7) is 0. The van der Waals surface area contributed by atoms with E-state index in [0.29, 0.717) is 23.0 Å². The number of para-hydroxylation sites is 1. The number of phenolic OH excluding ortho intramolecular Hbond substituents is 1. The summed E-state index contributed by atoms with van der Waals surface area (Å²) in [5.74, 6) is 1.63. The van der Waals surface area contributed by atoms with Crippen LogP contribution < -0.4 is 5.30 Å². The number of benzene rings is 3. The van der Waals surface area contributed by atoms with Crippen LogP contribution in [0.5, 0.6) is 5.75 Å². The van der Waals surface area contributed by atoms with E-state index >= 15 is 0 Å². The molecule has 0 aliphatic heterocycles. The molecule has 1 aliphatic rings. The van der Waals surface area contributed by atoms with Gasteiger partial charge in [0.25, 0.3) is 0 Å². The third kappa shape index (κ3) is 4.30. The number of allylic oxidation sites excluding steroid dienone is 3. The SMILES string of the molecule is CO/C1=C/C([PH](=O)c2ccccc2-c2ccccc2O)/C=C(/OC)c2ccccc2C1. The van der Waals surface area contributed by atoms with E-state index in [9.17, 15) is 9.67 Å². The van der Waals surface area contributed by atoms with Gasteiger partial charge in [0.05, 0.1) is 25.6 Å². The molecule has 4 rings (SSSR count). The Morgan fingerprint density at radius 2 is 1.45 bits per heavy atom. The second-order valence-corrected chi connectivity index (χ2v) is 9.29. The number of ether oxygens (including phenoxy) is 2. The molecule has 3 aromatic carbocycles. The van der Waals surface area contributed by atoms with E-state index in [2.05, 4.69) is 0 Å². The zero-order chi connectivity index (χ0) is 21.8. The predicted molar refractivity (Wildman–Crippen MR) is 126 cm³/mol. The number of hydrogen-bond donors (Lipinski definition) is 1. The molecule has 5 heteroatoms. The molecule has 1 aliphatic carbocycles. The van der Waals surface area contributed by atoms with Crippen LogP contribution in [0.4, 0.5) is 0 Å². The number of fused-ring (bicyclic) bond motifs is 1. The van der Waals surface area contributed by atoms with Crippen molar-refractivity contribution >= 4 is 18.9 Å². The lowest BCUT2D eigenvalue weighted by molar-refractivity contribution is 0.281. The van der Waals surface area contributed by atoms with E-state index < -0.39 is 13.5 Å². The van der Waals surface area contributed by atoms with Crippen molar-refractivity contribution in [3.8, 4) is 16.9 Å². The molecule has 3 aromatic rings. The van der Waals surface area contributed by atoms with Crippen molar-refractivity contribution in [3.63, 3.8) is 0 Å². The lowest BCUT2D eigenvalue weighted by atomic mass is 9.99. The fourth-order valence-corrected chi connectivity index (χ4v) is 5.69. The third-order valence-corrected chi connectivity index (χ3v) is 7.42. The lowest BCUT2D eigenvalue weighted by Crippen LogP contribution is -2.12. The monoisotopic (exact) mass is 432 g/mol. The van der Waals surface area contributed by atoms with E-state index in [-0.39, 0.29) is 5.75 Å². The van der Waals surface area contributed by atoms with Gasteiger partial charge >= 0.3 is 0 Å². The minimum absolute atomic E-state index is 0.164. The van der Waals surface area contributed by atoms with Crippen molar-refractivity contribution < 1.29 is 19.1 Å². The Labute approximate surface area is 183 Å². The summed E-state index contributed by atoms with van der Waals surface area (Å²) in [5, 5.41) is 11.1. The second-order valence-electron chi connectivity index (χ2n) is 7.36.